The number of carbonyl (C=O) groups is 1. The van der Waals surface area contributed by atoms with Crippen LogP contribution in [0.4, 0.5) is 0 Å². The molecule has 5 heteroatoms. The molecule has 0 aromatic heterocycles. The third kappa shape index (κ3) is 4.57. The van der Waals surface area contributed by atoms with Crippen molar-refractivity contribution in [2.75, 3.05) is 46.4 Å². The number of nitrogens with one attached hydrogen (secondary N) is 1. The van der Waals surface area contributed by atoms with Crippen LogP contribution in [0, 0.1) is 0 Å². The summed E-state index contributed by atoms with van der Waals surface area (Å²) in [6.07, 6.45) is 6.23. The van der Waals surface area contributed by atoms with Crippen LogP contribution in [0.25, 0.3) is 0 Å². The molecule has 0 bridgehead atoms. The first-order valence-electron chi connectivity index (χ1n) is 10.1. The minimum absolute atomic E-state index is 0.00521. The maximum absolute atomic E-state index is 12.7. The van der Waals surface area contributed by atoms with Gasteiger partial charge in [0, 0.05) is 43.8 Å². The maximum atomic E-state index is 12.7. The quantitative estimate of drug-likeness (QED) is 0.848. The molecule has 1 aromatic rings. The Hall–Kier alpha value is -1.59. The molecule has 0 radical (unpaired) electrons. The van der Waals surface area contributed by atoms with Crippen molar-refractivity contribution in [3.8, 4) is 5.75 Å². The van der Waals surface area contributed by atoms with Crippen molar-refractivity contribution in [2.45, 2.75) is 44.6 Å². The van der Waals surface area contributed by atoms with Crippen LogP contribution in [-0.2, 0) is 0 Å². The lowest BCUT2D eigenvalue weighted by Gasteiger charge is -2.49. The van der Waals surface area contributed by atoms with E-state index in [-0.39, 0.29) is 11.4 Å². The Kier molecular flexibility index (Phi) is 6.54. The van der Waals surface area contributed by atoms with Crippen LogP contribution >= 0.6 is 0 Å². The molecular formula is C21H33N3O2. The monoisotopic (exact) mass is 359 g/mol. The minimum atomic E-state index is 0.00521. The number of benzene rings is 1. The number of nitrogens with zero attached hydrogens (tertiary/aromatic N) is 2. The van der Waals surface area contributed by atoms with Gasteiger partial charge in [-0.2, -0.15) is 0 Å². The van der Waals surface area contributed by atoms with Crippen LogP contribution < -0.4 is 10.1 Å². The highest BCUT2D eigenvalue weighted by Crippen LogP contribution is 2.34. The van der Waals surface area contributed by atoms with Gasteiger partial charge in [0.05, 0.1) is 6.61 Å². The third-order valence-corrected chi connectivity index (χ3v) is 5.94. The van der Waals surface area contributed by atoms with Crippen LogP contribution in [0.1, 0.15) is 49.4 Å². The Morgan fingerprint density at radius 2 is 1.88 bits per heavy atom. The van der Waals surface area contributed by atoms with Crippen LogP contribution in [0.15, 0.2) is 24.3 Å². The number of rotatable bonds is 6. The fraction of sp³-hybridized carbons (Fsp3) is 0.667. The molecule has 2 aliphatic rings. The topological polar surface area (TPSA) is 44.8 Å². The van der Waals surface area contributed by atoms with Gasteiger partial charge in [-0.25, -0.2) is 0 Å². The standard InChI is InChI=1S/C21H33N3O2/c1-3-26-19-9-7-8-18(16-19)20(25)22-17-21(10-5-4-6-11-21)24-14-12-23(2)13-15-24/h7-9,16H,3-6,10-15,17H2,1-2H3,(H,22,25). The zero-order chi connectivity index (χ0) is 18.4. The smallest absolute Gasteiger partial charge is 0.251 e. The number of carbonyl (C=O) groups excluding carboxylic acids is 1. The summed E-state index contributed by atoms with van der Waals surface area (Å²) in [7, 11) is 2.19. The Bertz CT molecular complexity index is 591. The van der Waals surface area contributed by atoms with E-state index in [2.05, 4.69) is 22.2 Å². The summed E-state index contributed by atoms with van der Waals surface area (Å²) in [6.45, 7) is 7.75. The van der Waals surface area contributed by atoms with Gasteiger partial charge >= 0.3 is 0 Å². The molecule has 0 spiro atoms. The lowest BCUT2D eigenvalue weighted by molar-refractivity contribution is 0.0138. The van der Waals surface area contributed by atoms with Gasteiger partial charge in [0.15, 0.2) is 0 Å². The molecule has 1 saturated heterocycles. The molecule has 1 heterocycles. The largest absolute Gasteiger partial charge is 0.494 e. The predicted molar refractivity (Wildman–Crippen MR) is 105 cm³/mol. The van der Waals surface area contributed by atoms with Gasteiger partial charge in [-0.15, -0.1) is 0 Å². The molecule has 144 valence electrons. The number of likely N-dealkylation sites (N-methyl/N-ethyl adjacent to an activating group) is 1. The van der Waals surface area contributed by atoms with Crippen LogP contribution in [0.3, 0.4) is 0 Å². The molecule has 1 aromatic carbocycles. The molecule has 3 rings (SSSR count). The molecular weight excluding hydrogens is 326 g/mol. The number of hydrogen-bond donors (Lipinski definition) is 1. The van der Waals surface area contributed by atoms with Crippen LogP contribution in [0.2, 0.25) is 0 Å². The molecule has 1 saturated carbocycles. The van der Waals surface area contributed by atoms with Crippen molar-refractivity contribution in [2.24, 2.45) is 0 Å². The van der Waals surface area contributed by atoms with E-state index in [9.17, 15) is 4.79 Å². The second-order valence-electron chi connectivity index (χ2n) is 7.72. The van der Waals surface area contributed by atoms with E-state index in [4.69, 9.17) is 4.74 Å². The van der Waals surface area contributed by atoms with Crippen LogP contribution in [0.5, 0.6) is 5.75 Å². The summed E-state index contributed by atoms with van der Waals surface area (Å²) in [6, 6.07) is 7.48. The first kappa shape index (κ1) is 19.2. The van der Waals surface area contributed by atoms with E-state index >= 15 is 0 Å². The van der Waals surface area contributed by atoms with Crippen molar-refractivity contribution in [1.82, 2.24) is 15.1 Å². The van der Waals surface area contributed by atoms with Gasteiger partial charge in [0.1, 0.15) is 5.75 Å². The molecule has 1 aliphatic heterocycles. The third-order valence-electron chi connectivity index (χ3n) is 5.94. The van der Waals surface area contributed by atoms with E-state index in [1.807, 2.05) is 31.2 Å². The average Bonchev–Trinajstić information content (AvgIpc) is 2.68. The molecule has 1 amide bonds. The first-order chi connectivity index (χ1) is 12.6. The zero-order valence-corrected chi connectivity index (χ0v) is 16.3. The second kappa shape index (κ2) is 8.87. The summed E-state index contributed by atoms with van der Waals surface area (Å²) in [5.41, 5.74) is 0.812. The number of piperazine rings is 1. The Balaban J connectivity index is 1.65. The van der Waals surface area contributed by atoms with Crippen molar-refractivity contribution < 1.29 is 9.53 Å². The lowest BCUT2D eigenvalue weighted by Crippen LogP contribution is -2.61. The molecule has 1 aliphatic carbocycles. The summed E-state index contributed by atoms with van der Waals surface area (Å²) in [5, 5.41) is 3.24. The highest BCUT2D eigenvalue weighted by Gasteiger charge is 2.39. The Morgan fingerprint density at radius 3 is 2.58 bits per heavy atom. The SMILES string of the molecule is CCOc1cccc(C(=O)NCC2(N3CCN(C)CC3)CCCCC2)c1. The maximum Gasteiger partial charge on any atom is 0.251 e. The highest BCUT2D eigenvalue weighted by atomic mass is 16.5. The fourth-order valence-electron chi connectivity index (χ4n) is 4.34. The second-order valence-corrected chi connectivity index (χ2v) is 7.72. The number of ether oxygens (including phenoxy) is 1. The zero-order valence-electron chi connectivity index (χ0n) is 16.3. The minimum Gasteiger partial charge on any atom is -0.494 e. The summed E-state index contributed by atoms with van der Waals surface area (Å²) in [4.78, 5) is 17.8. The average molecular weight is 360 g/mol. The molecule has 0 atom stereocenters. The van der Waals surface area contributed by atoms with E-state index < -0.39 is 0 Å². The summed E-state index contributed by atoms with van der Waals surface area (Å²) < 4.78 is 5.52. The van der Waals surface area contributed by atoms with Crippen LogP contribution in [-0.4, -0.2) is 67.6 Å². The lowest BCUT2D eigenvalue weighted by atomic mass is 9.79. The van der Waals surface area contributed by atoms with Gasteiger partial charge in [-0.1, -0.05) is 25.3 Å². The van der Waals surface area contributed by atoms with Crippen molar-refractivity contribution >= 4 is 5.91 Å². The molecule has 1 N–H and O–H groups in total. The number of amides is 1. The van der Waals surface area contributed by atoms with Gasteiger partial charge in [0.25, 0.3) is 5.91 Å². The van der Waals surface area contributed by atoms with E-state index in [1.54, 1.807) is 0 Å². The van der Waals surface area contributed by atoms with E-state index in [0.29, 0.717) is 12.2 Å². The summed E-state index contributed by atoms with van der Waals surface area (Å²) >= 11 is 0. The van der Waals surface area contributed by atoms with Gasteiger partial charge in [0.2, 0.25) is 0 Å². The normalized spacial score (nSPS) is 21.3. The highest BCUT2D eigenvalue weighted by molar-refractivity contribution is 5.94. The Labute approximate surface area is 157 Å². The van der Waals surface area contributed by atoms with Gasteiger partial charge in [-0.3, -0.25) is 9.69 Å². The van der Waals surface area contributed by atoms with Crippen molar-refractivity contribution in [3.05, 3.63) is 29.8 Å². The first-order valence-corrected chi connectivity index (χ1v) is 10.1. The summed E-state index contributed by atoms with van der Waals surface area (Å²) in [5.74, 6) is 0.761. The van der Waals surface area contributed by atoms with Crippen molar-refractivity contribution in [1.29, 1.82) is 0 Å². The molecule has 2 fully saturated rings. The molecule has 26 heavy (non-hydrogen) atoms. The molecule has 5 nitrogen and oxygen atoms in total. The molecule has 0 unspecified atom stereocenters. The van der Waals surface area contributed by atoms with E-state index in [1.165, 1.54) is 32.1 Å². The van der Waals surface area contributed by atoms with Crippen molar-refractivity contribution in [3.63, 3.8) is 0 Å². The number of hydrogen-bond acceptors (Lipinski definition) is 4. The predicted octanol–water partition coefficient (Wildman–Crippen LogP) is 2.77. The Morgan fingerprint density at radius 1 is 1.15 bits per heavy atom. The van der Waals surface area contributed by atoms with E-state index in [0.717, 1.165) is 38.5 Å². The fourth-order valence-corrected chi connectivity index (χ4v) is 4.34. The van der Waals surface area contributed by atoms with Gasteiger partial charge < -0.3 is 15.0 Å². The van der Waals surface area contributed by atoms with Gasteiger partial charge in [-0.05, 0) is 45.0 Å².